The highest BCUT2D eigenvalue weighted by atomic mass is 16.5. The van der Waals surface area contributed by atoms with Gasteiger partial charge in [-0.25, -0.2) is 0 Å². The predicted molar refractivity (Wildman–Crippen MR) is 158 cm³/mol. The maximum absolute atomic E-state index is 12.7. The fourth-order valence-corrected chi connectivity index (χ4v) is 4.47. The highest BCUT2D eigenvalue weighted by Gasteiger charge is 2.21. The molecular formula is C28H42N6O10. The van der Waals surface area contributed by atoms with Crippen molar-refractivity contribution in [1.29, 1.82) is 0 Å². The molecule has 0 bridgehead atoms. The molecular weight excluding hydrogens is 580 g/mol. The standard InChI is InChI=1S/C28H42N6O10/c1-44-23-4-2-21(16-22(23)35)3-5-24(36)29-6-7-30-25(37)17-31-8-10-32(18-26(38)39)12-14-34(20-28(42)43)15-13-33(11-9-31)19-27(40)41/h2-5,16,35H,6-15,17-20H2,1H3,(H,29,36)(H,30,37)(H,38,39)(H,40,41)(H,42,43)/b5-3+. The largest absolute Gasteiger partial charge is 0.504 e. The fraction of sp³-hybridized carbons (Fsp3) is 0.536. The number of rotatable bonds is 14. The Hall–Kier alpha value is -4.25. The molecule has 1 saturated heterocycles. The molecule has 44 heavy (non-hydrogen) atoms. The van der Waals surface area contributed by atoms with Crippen molar-refractivity contribution in [2.24, 2.45) is 0 Å². The number of carboxylic acid groups (broad SMARTS) is 3. The average molecular weight is 623 g/mol. The first-order valence-corrected chi connectivity index (χ1v) is 14.1. The number of aliphatic carboxylic acids is 3. The van der Waals surface area contributed by atoms with Gasteiger partial charge in [-0.3, -0.25) is 43.6 Å². The first-order valence-electron chi connectivity index (χ1n) is 14.1. The van der Waals surface area contributed by atoms with Crippen molar-refractivity contribution in [3.05, 3.63) is 29.8 Å². The van der Waals surface area contributed by atoms with Gasteiger partial charge in [0.1, 0.15) is 0 Å². The summed E-state index contributed by atoms with van der Waals surface area (Å²) in [5.74, 6) is -3.55. The Morgan fingerprint density at radius 2 is 1.16 bits per heavy atom. The number of amides is 2. The normalized spacial score (nSPS) is 16.5. The molecule has 2 amide bonds. The van der Waals surface area contributed by atoms with Crippen LogP contribution in [0.4, 0.5) is 0 Å². The molecule has 0 unspecified atom stereocenters. The number of phenols is 1. The SMILES string of the molecule is COc1ccc(/C=C/C(=O)NCCNC(=O)CN2CCN(CC(=O)O)CCN(CC(=O)O)CCN(CC(=O)O)CC2)cc1O. The van der Waals surface area contributed by atoms with E-state index in [0.717, 1.165) is 0 Å². The number of phenolic OH excluding ortho intramolecular Hbond substituents is 1. The van der Waals surface area contributed by atoms with Crippen molar-refractivity contribution in [1.82, 2.24) is 30.2 Å². The van der Waals surface area contributed by atoms with Crippen molar-refractivity contribution < 1.29 is 49.1 Å². The minimum absolute atomic E-state index is 0.0260. The number of hydrogen-bond acceptors (Lipinski definition) is 11. The first kappa shape index (κ1) is 35.9. The van der Waals surface area contributed by atoms with Crippen molar-refractivity contribution in [3.63, 3.8) is 0 Å². The minimum atomic E-state index is -1.03. The molecule has 16 heteroatoms. The zero-order valence-electron chi connectivity index (χ0n) is 24.8. The first-order chi connectivity index (χ1) is 20.9. The molecule has 1 aliphatic rings. The zero-order chi connectivity index (χ0) is 32.5. The molecule has 1 fully saturated rings. The predicted octanol–water partition coefficient (Wildman–Crippen LogP) is -1.88. The Balaban J connectivity index is 1.91. The monoisotopic (exact) mass is 622 g/mol. The molecule has 0 atom stereocenters. The molecule has 1 heterocycles. The Kier molecular flexibility index (Phi) is 15.6. The molecule has 1 aliphatic heterocycles. The van der Waals surface area contributed by atoms with Crippen LogP contribution in [0.3, 0.4) is 0 Å². The summed E-state index contributed by atoms with van der Waals surface area (Å²) < 4.78 is 4.99. The van der Waals surface area contributed by atoms with Crippen LogP contribution in [0.5, 0.6) is 11.5 Å². The lowest BCUT2D eigenvalue weighted by Crippen LogP contribution is -2.50. The Labute approximate surface area is 255 Å². The van der Waals surface area contributed by atoms with Crippen molar-refractivity contribution >= 4 is 35.8 Å². The maximum atomic E-state index is 12.7. The van der Waals surface area contributed by atoms with E-state index in [-0.39, 0.29) is 77.1 Å². The fourth-order valence-electron chi connectivity index (χ4n) is 4.47. The average Bonchev–Trinajstić information content (AvgIpc) is 2.94. The number of ether oxygens (including phenoxy) is 1. The minimum Gasteiger partial charge on any atom is -0.504 e. The number of nitrogens with zero attached hydrogens (tertiary/aromatic N) is 4. The molecule has 2 rings (SSSR count). The molecule has 0 aromatic heterocycles. The van der Waals surface area contributed by atoms with E-state index >= 15 is 0 Å². The molecule has 16 nitrogen and oxygen atoms in total. The zero-order valence-corrected chi connectivity index (χ0v) is 24.8. The van der Waals surface area contributed by atoms with Crippen LogP contribution in [0, 0.1) is 0 Å². The molecule has 6 N–H and O–H groups in total. The van der Waals surface area contributed by atoms with Crippen molar-refractivity contribution in [2.45, 2.75) is 0 Å². The summed E-state index contributed by atoms with van der Waals surface area (Å²) in [6, 6.07) is 4.71. The smallest absolute Gasteiger partial charge is 0.317 e. The summed E-state index contributed by atoms with van der Waals surface area (Å²) in [6.45, 7) is 1.92. The van der Waals surface area contributed by atoms with Gasteiger partial charge in [0.05, 0.1) is 33.3 Å². The summed E-state index contributed by atoms with van der Waals surface area (Å²) in [5, 5.41) is 43.2. The Bertz CT molecular complexity index is 1130. The van der Waals surface area contributed by atoms with Gasteiger partial charge < -0.3 is 35.8 Å². The van der Waals surface area contributed by atoms with E-state index in [4.69, 9.17) is 4.74 Å². The number of carbonyl (C=O) groups is 5. The van der Waals surface area contributed by atoms with Gasteiger partial charge in [0.25, 0.3) is 0 Å². The van der Waals surface area contributed by atoms with Gasteiger partial charge >= 0.3 is 17.9 Å². The molecule has 0 spiro atoms. The molecule has 0 saturated carbocycles. The van der Waals surface area contributed by atoms with E-state index in [1.165, 1.54) is 25.3 Å². The van der Waals surface area contributed by atoms with Crippen LogP contribution >= 0.6 is 0 Å². The van der Waals surface area contributed by atoms with Gasteiger partial charge in [-0.1, -0.05) is 6.07 Å². The van der Waals surface area contributed by atoms with E-state index in [2.05, 4.69) is 10.6 Å². The number of hydrogen-bond donors (Lipinski definition) is 6. The van der Waals surface area contributed by atoms with Gasteiger partial charge in [0.15, 0.2) is 11.5 Å². The van der Waals surface area contributed by atoms with Crippen LogP contribution in [0.15, 0.2) is 24.3 Å². The van der Waals surface area contributed by atoms with Gasteiger partial charge in [-0.05, 0) is 23.8 Å². The molecule has 0 radical (unpaired) electrons. The lowest BCUT2D eigenvalue weighted by Gasteiger charge is -2.32. The third-order valence-corrected chi connectivity index (χ3v) is 6.75. The van der Waals surface area contributed by atoms with Gasteiger partial charge in [0, 0.05) is 71.5 Å². The number of nitrogens with one attached hydrogen (secondary N) is 2. The molecule has 0 aliphatic carbocycles. The third-order valence-electron chi connectivity index (χ3n) is 6.75. The van der Waals surface area contributed by atoms with E-state index in [1.807, 2.05) is 0 Å². The second-order valence-electron chi connectivity index (χ2n) is 10.2. The third kappa shape index (κ3) is 14.8. The second-order valence-corrected chi connectivity index (χ2v) is 10.2. The van der Waals surface area contributed by atoms with Gasteiger partial charge in [-0.15, -0.1) is 0 Å². The number of methoxy groups -OCH3 is 1. The Morgan fingerprint density at radius 3 is 1.57 bits per heavy atom. The summed E-state index contributed by atoms with van der Waals surface area (Å²) >= 11 is 0. The Morgan fingerprint density at radius 1 is 0.727 bits per heavy atom. The second kappa shape index (κ2) is 19.1. The van der Waals surface area contributed by atoms with Crippen molar-refractivity contribution in [2.75, 3.05) is 98.7 Å². The van der Waals surface area contributed by atoms with E-state index < -0.39 is 23.8 Å². The van der Waals surface area contributed by atoms with Crippen LogP contribution in [0.2, 0.25) is 0 Å². The van der Waals surface area contributed by atoms with Crippen LogP contribution < -0.4 is 15.4 Å². The highest BCUT2D eigenvalue weighted by molar-refractivity contribution is 5.91. The summed E-state index contributed by atoms with van der Waals surface area (Å²) in [6.07, 6.45) is 2.82. The van der Waals surface area contributed by atoms with Gasteiger partial charge in [-0.2, -0.15) is 0 Å². The van der Waals surface area contributed by atoms with Gasteiger partial charge in [0.2, 0.25) is 11.8 Å². The summed E-state index contributed by atoms with van der Waals surface area (Å²) in [4.78, 5) is 65.8. The number of carboxylic acids is 3. The van der Waals surface area contributed by atoms with Crippen LogP contribution in [-0.2, 0) is 24.0 Å². The molecule has 1 aromatic carbocycles. The van der Waals surface area contributed by atoms with Crippen LogP contribution in [0.25, 0.3) is 6.08 Å². The number of aromatic hydroxyl groups is 1. The molecule has 244 valence electrons. The quantitative estimate of drug-likeness (QED) is 0.0991. The summed E-state index contributed by atoms with van der Waals surface area (Å²) in [5.41, 5.74) is 0.597. The van der Waals surface area contributed by atoms with E-state index in [9.17, 15) is 44.4 Å². The highest BCUT2D eigenvalue weighted by Crippen LogP contribution is 2.26. The maximum Gasteiger partial charge on any atom is 0.317 e. The lowest BCUT2D eigenvalue weighted by atomic mass is 10.2. The number of benzene rings is 1. The molecule has 1 aromatic rings. The van der Waals surface area contributed by atoms with E-state index in [1.54, 1.807) is 31.7 Å². The van der Waals surface area contributed by atoms with E-state index in [0.29, 0.717) is 37.5 Å². The van der Waals surface area contributed by atoms with Crippen molar-refractivity contribution in [3.8, 4) is 11.5 Å². The number of carbonyl (C=O) groups excluding carboxylic acids is 2. The topological polar surface area (TPSA) is 213 Å². The van der Waals surface area contributed by atoms with Crippen LogP contribution in [-0.4, -0.2) is 168 Å². The summed E-state index contributed by atoms with van der Waals surface area (Å²) in [7, 11) is 1.43. The van der Waals surface area contributed by atoms with Crippen LogP contribution in [0.1, 0.15) is 5.56 Å². The lowest BCUT2D eigenvalue weighted by molar-refractivity contribution is -0.140.